The van der Waals surface area contributed by atoms with Crippen LogP contribution in [0.2, 0.25) is 0 Å². The van der Waals surface area contributed by atoms with Gasteiger partial charge in [0.2, 0.25) is 0 Å². The van der Waals surface area contributed by atoms with Gasteiger partial charge in [-0.25, -0.2) is 0 Å². The molecule has 0 bridgehead atoms. The van der Waals surface area contributed by atoms with Gasteiger partial charge in [-0.15, -0.1) is 0 Å². The zero-order valence-electron chi connectivity index (χ0n) is 69.7. The second-order valence-corrected chi connectivity index (χ2v) is 25.9. The number of rotatable bonds is 5. The molecule has 0 spiro atoms. The van der Waals surface area contributed by atoms with Crippen molar-refractivity contribution in [1.82, 2.24) is 0 Å². The maximum Gasteiger partial charge on any atom is 0.143 e. The van der Waals surface area contributed by atoms with Gasteiger partial charge in [-0.2, -0.15) is 0 Å². The van der Waals surface area contributed by atoms with Gasteiger partial charge in [-0.3, -0.25) is 0 Å². The third-order valence-corrected chi connectivity index (χ3v) is 20.6. The minimum Gasteiger partial charge on any atom is -0.456 e. The number of furan rings is 4. The van der Waals surface area contributed by atoms with E-state index in [0.29, 0.717) is 55.8 Å². The van der Waals surface area contributed by atoms with E-state index >= 15 is 0 Å². The van der Waals surface area contributed by atoms with E-state index in [1.54, 1.807) is 12.1 Å². The van der Waals surface area contributed by atoms with Gasteiger partial charge in [0.05, 0.1) is 21.9 Å². The zero-order valence-corrected chi connectivity index (χ0v) is 53.7. The van der Waals surface area contributed by atoms with E-state index in [1.165, 1.54) is 0 Å². The van der Waals surface area contributed by atoms with E-state index < -0.39 is 48.3 Å². The van der Waals surface area contributed by atoms with Gasteiger partial charge in [0.1, 0.15) is 44.7 Å². The van der Waals surface area contributed by atoms with Crippen molar-refractivity contribution in [1.29, 1.82) is 0 Å². The molecule has 23 rings (SSSR count). The summed E-state index contributed by atoms with van der Waals surface area (Å²) in [4.78, 5) is 0. The molecule has 4 heteroatoms. The van der Waals surface area contributed by atoms with Crippen LogP contribution in [0.5, 0.6) is 0 Å². The number of hydrogen-bond acceptors (Lipinski definition) is 4. The fraction of sp³-hybridized carbons (Fsp3) is 0. The summed E-state index contributed by atoms with van der Waals surface area (Å²) in [6.45, 7) is 0. The Morgan fingerprint density at radius 1 is 0.186 bits per heavy atom. The Morgan fingerprint density at radius 3 is 1.20 bits per heavy atom. The third kappa shape index (κ3) is 8.38. The largest absolute Gasteiger partial charge is 0.456 e. The van der Waals surface area contributed by atoms with Gasteiger partial charge in [-0.1, -0.05) is 285 Å². The van der Waals surface area contributed by atoms with Gasteiger partial charge < -0.3 is 17.7 Å². The van der Waals surface area contributed by atoms with Crippen LogP contribution in [-0.2, 0) is 0 Å². The topological polar surface area (TPSA) is 52.6 Å². The Morgan fingerprint density at radius 2 is 0.578 bits per heavy atom. The van der Waals surface area contributed by atoms with Crippen molar-refractivity contribution in [2.75, 3.05) is 0 Å². The number of hydrogen-bond donors (Lipinski definition) is 0. The fourth-order valence-corrected chi connectivity index (χ4v) is 16.1. The van der Waals surface area contributed by atoms with Crippen molar-refractivity contribution >= 4 is 174 Å². The summed E-state index contributed by atoms with van der Waals surface area (Å²) in [5.74, 6) is 0. The molecule has 0 aliphatic rings. The highest BCUT2D eigenvalue weighted by Gasteiger charge is 2.25. The molecule has 472 valence electrons. The molecular formula is C98H56O4. The summed E-state index contributed by atoms with van der Waals surface area (Å²) in [7, 11) is 0. The highest BCUT2D eigenvalue weighted by Crippen LogP contribution is 2.51. The second-order valence-electron chi connectivity index (χ2n) is 25.9. The summed E-state index contributed by atoms with van der Waals surface area (Å²) in [6.07, 6.45) is 0. The van der Waals surface area contributed by atoms with E-state index in [9.17, 15) is 11.0 Å². The van der Waals surface area contributed by atoms with E-state index in [-0.39, 0.29) is 114 Å². The first-order valence-corrected chi connectivity index (χ1v) is 33.6. The number of fused-ring (bicyclic) bond motifs is 24. The molecule has 0 N–H and O–H groups in total. The lowest BCUT2D eigenvalue weighted by atomic mass is 9.84. The van der Waals surface area contributed by atoms with Gasteiger partial charge in [0.25, 0.3) is 0 Å². The first kappa shape index (κ1) is 43.0. The lowest BCUT2D eigenvalue weighted by molar-refractivity contribution is 0.669. The van der Waals surface area contributed by atoms with Crippen LogP contribution in [0.15, 0.2) is 357 Å². The number of benzene rings is 19. The van der Waals surface area contributed by atoms with Crippen LogP contribution in [0.4, 0.5) is 0 Å². The molecule has 0 saturated carbocycles. The summed E-state index contributed by atoms with van der Waals surface area (Å²) in [5.41, 5.74) is 9.95. The van der Waals surface area contributed by atoms with Gasteiger partial charge in [-0.05, 0) is 185 Å². The molecule has 4 aromatic heterocycles. The third-order valence-electron chi connectivity index (χ3n) is 20.6. The van der Waals surface area contributed by atoms with E-state index in [1.807, 2.05) is 218 Å². The molecule has 0 aliphatic heterocycles. The van der Waals surface area contributed by atoms with Crippen molar-refractivity contribution in [3.63, 3.8) is 0 Å². The average molecular weight is 1310 g/mol. The summed E-state index contributed by atoms with van der Waals surface area (Å²) in [5, 5.41) is 16.2. The molecule has 4 heterocycles. The van der Waals surface area contributed by atoms with Crippen LogP contribution in [0.25, 0.3) is 230 Å². The minimum atomic E-state index is -0.454. The fourth-order valence-electron chi connectivity index (χ4n) is 16.1. The maximum absolute atomic E-state index is 9.57. The van der Waals surface area contributed by atoms with Crippen molar-refractivity contribution in [2.24, 2.45) is 0 Å². The standard InChI is InChI=1S/C52H30O2.C46H26O2/c1-2-13-34-31(12-1)28-29-46-50(34)51-38-16-4-3-14-36(38)44(30-47(51)53-46)49-41-19-7-5-17-39(41)48(40-18-6-8-20-42(40)49)33-26-24-32(25-27-33)35-21-11-22-43-37-15-9-10-23-45(37)54-52(35)43;1-3-11-31-27(9-1)20-24-40-45(31)39-23-19-30(26-42(39)47-40)44-36-15-7-5-13-34(36)43(35-14-6-8-16-37(35)44)29-18-21-33-38-22-17-28-10-2-4-12-32(28)46(38)48-41(33)25-29/h1-30H;1-26H/i5D,6D,7D,8D,17D,18D,19D,20D;5D,6D,7D,8D,13D,14D,15D,16D. The van der Waals surface area contributed by atoms with Crippen molar-refractivity contribution in [2.45, 2.75) is 0 Å². The van der Waals surface area contributed by atoms with Crippen LogP contribution in [0.3, 0.4) is 0 Å². The monoisotopic (exact) mass is 1310 g/mol. The van der Waals surface area contributed by atoms with E-state index in [4.69, 9.17) is 28.6 Å². The Kier molecular flexibility index (Phi) is 9.26. The highest BCUT2D eigenvalue weighted by atomic mass is 16.3. The van der Waals surface area contributed by atoms with Crippen molar-refractivity contribution < 1.29 is 39.6 Å². The van der Waals surface area contributed by atoms with Crippen molar-refractivity contribution in [3.05, 3.63) is 339 Å². The molecule has 0 atom stereocenters. The Hall–Kier alpha value is -13.5. The normalized spacial score (nSPS) is 14.3. The molecule has 102 heavy (non-hydrogen) atoms. The average Bonchev–Trinajstić information content (AvgIpc) is 0.723. The van der Waals surface area contributed by atoms with Crippen LogP contribution in [-0.4, -0.2) is 0 Å². The summed E-state index contributed by atoms with van der Waals surface area (Å²) >= 11 is 0. The quantitative estimate of drug-likeness (QED) is 0.161. The summed E-state index contributed by atoms with van der Waals surface area (Å²) in [6, 6.07) is 71.9. The lowest BCUT2D eigenvalue weighted by Crippen LogP contribution is -1.92. The van der Waals surface area contributed by atoms with E-state index in [2.05, 4.69) is 12.1 Å². The van der Waals surface area contributed by atoms with Crippen LogP contribution < -0.4 is 0 Å². The molecule has 0 saturated heterocycles. The van der Waals surface area contributed by atoms with Crippen LogP contribution >= 0.6 is 0 Å². The molecule has 0 aliphatic carbocycles. The van der Waals surface area contributed by atoms with Crippen LogP contribution in [0, 0.1) is 0 Å². The first-order valence-electron chi connectivity index (χ1n) is 41.6. The first-order chi connectivity index (χ1) is 57.2. The van der Waals surface area contributed by atoms with Crippen molar-refractivity contribution in [3.8, 4) is 55.6 Å². The second kappa shape index (κ2) is 22.0. The molecule has 0 amide bonds. The predicted octanol–water partition coefficient (Wildman–Crippen LogP) is 28.5. The van der Waals surface area contributed by atoms with Crippen LogP contribution in [0.1, 0.15) is 21.9 Å². The minimum absolute atomic E-state index is 0.139. The Balaban J connectivity index is 0.000000143. The zero-order chi connectivity index (χ0) is 80.6. The highest BCUT2D eigenvalue weighted by molar-refractivity contribution is 6.32. The van der Waals surface area contributed by atoms with E-state index in [0.717, 1.165) is 108 Å². The number of para-hydroxylation sites is 2. The van der Waals surface area contributed by atoms with Gasteiger partial charge in [0, 0.05) is 54.0 Å². The SMILES string of the molecule is [2H]c1c([2H])c([2H])c2c(-c3cc4oc5ccc6ccccc6c5c4c4ccccc34)c3c([2H])c([2H])c([2H])c([2H])c3c(-c3ccc(-c4cccc5c4oc4ccccc45)cc3)c2c1[2H].[2H]c1c([2H])c([2H])c2c(-c3ccc4c(c3)oc3ccc5ccccc5c34)c3c([2H])c([2H])c([2H])c([2H])c3c(-c3ccc4c(c3)oc3c5ccccc5ccc43)c2c1[2H]. The molecule has 0 radical (unpaired) electrons. The molecule has 0 fully saturated rings. The smallest absolute Gasteiger partial charge is 0.143 e. The predicted molar refractivity (Wildman–Crippen MR) is 429 cm³/mol. The molecule has 23 aromatic rings. The van der Waals surface area contributed by atoms with Gasteiger partial charge >= 0.3 is 0 Å². The Bertz CT molecular complexity index is 8280. The molecule has 4 nitrogen and oxygen atoms in total. The molecule has 0 unspecified atom stereocenters. The molecular weight excluding hydrogens is 1240 g/mol. The summed E-state index contributed by atoms with van der Waals surface area (Å²) < 4.78 is 173. The molecule has 19 aromatic carbocycles. The maximum atomic E-state index is 9.57. The lowest BCUT2D eigenvalue weighted by Gasteiger charge is -2.19. The Labute approximate surface area is 605 Å². The van der Waals surface area contributed by atoms with Gasteiger partial charge in [0.15, 0.2) is 0 Å².